The minimum absolute atomic E-state index is 0.313. The number of carboxylic acids is 1. The van der Waals surface area contributed by atoms with Gasteiger partial charge in [-0.1, -0.05) is 42.6 Å². The molecule has 0 amide bonds. The van der Waals surface area contributed by atoms with Crippen LogP contribution < -0.4 is 0 Å². The number of aliphatic carboxylic acids is 1. The van der Waals surface area contributed by atoms with Crippen LogP contribution in [-0.2, 0) is 11.2 Å². The molecule has 19 heavy (non-hydrogen) atoms. The lowest BCUT2D eigenvalue weighted by atomic mass is 9.85. The standard InChI is InChI=1S/C15H19ClO3/c16-13-6-2-1-5-11(13)9-12(14(17)18)10-15(19)7-3-4-8-15/h1-2,5-6,12,19H,3-4,7-10H2,(H,17,18). The van der Waals surface area contributed by atoms with Crippen molar-refractivity contribution < 1.29 is 15.0 Å². The third kappa shape index (κ3) is 3.71. The smallest absolute Gasteiger partial charge is 0.306 e. The Labute approximate surface area is 118 Å². The second-order valence-corrected chi connectivity index (χ2v) is 5.87. The molecule has 0 radical (unpaired) electrons. The molecule has 0 heterocycles. The number of carboxylic acid groups (broad SMARTS) is 1. The summed E-state index contributed by atoms with van der Waals surface area (Å²) in [6, 6.07) is 7.29. The van der Waals surface area contributed by atoms with Crippen LogP contribution in [0.2, 0.25) is 5.02 Å². The van der Waals surface area contributed by atoms with E-state index in [1.54, 1.807) is 6.07 Å². The maximum Gasteiger partial charge on any atom is 0.306 e. The van der Waals surface area contributed by atoms with E-state index in [-0.39, 0.29) is 0 Å². The second kappa shape index (κ2) is 5.93. The average molecular weight is 283 g/mol. The highest BCUT2D eigenvalue weighted by Crippen LogP contribution is 2.36. The van der Waals surface area contributed by atoms with Crippen molar-refractivity contribution in [3.05, 3.63) is 34.9 Å². The molecule has 0 saturated heterocycles. The van der Waals surface area contributed by atoms with Crippen molar-refractivity contribution in [2.75, 3.05) is 0 Å². The summed E-state index contributed by atoms with van der Waals surface area (Å²) >= 11 is 6.07. The summed E-state index contributed by atoms with van der Waals surface area (Å²) in [5, 5.41) is 20.3. The third-order valence-corrected chi connectivity index (χ3v) is 4.30. The van der Waals surface area contributed by atoms with Crippen LogP contribution in [0.1, 0.15) is 37.7 Å². The Morgan fingerprint density at radius 3 is 2.53 bits per heavy atom. The molecule has 1 fully saturated rings. The maximum atomic E-state index is 11.4. The molecule has 1 aliphatic rings. The normalized spacial score (nSPS) is 19.3. The van der Waals surface area contributed by atoms with Gasteiger partial charge in [-0.05, 0) is 37.3 Å². The molecule has 1 saturated carbocycles. The molecule has 1 aromatic rings. The van der Waals surface area contributed by atoms with Crippen molar-refractivity contribution in [3.63, 3.8) is 0 Å². The monoisotopic (exact) mass is 282 g/mol. The van der Waals surface area contributed by atoms with Gasteiger partial charge in [0, 0.05) is 5.02 Å². The SMILES string of the molecule is O=C(O)C(Cc1ccccc1Cl)CC1(O)CCCC1. The van der Waals surface area contributed by atoms with Gasteiger partial charge in [0.15, 0.2) is 0 Å². The van der Waals surface area contributed by atoms with Gasteiger partial charge in [-0.15, -0.1) is 0 Å². The first-order valence-corrected chi connectivity index (χ1v) is 7.07. The zero-order valence-electron chi connectivity index (χ0n) is 10.8. The Balaban J connectivity index is 2.08. The summed E-state index contributed by atoms with van der Waals surface area (Å²) in [5.74, 6) is -1.44. The number of carbonyl (C=O) groups is 1. The van der Waals surface area contributed by atoms with E-state index in [9.17, 15) is 15.0 Å². The number of aliphatic hydroxyl groups is 1. The van der Waals surface area contributed by atoms with Crippen LogP contribution in [0, 0.1) is 5.92 Å². The number of halogens is 1. The highest BCUT2D eigenvalue weighted by molar-refractivity contribution is 6.31. The second-order valence-electron chi connectivity index (χ2n) is 5.47. The highest BCUT2D eigenvalue weighted by Gasteiger charge is 2.36. The Kier molecular flexibility index (Phi) is 4.48. The predicted molar refractivity (Wildman–Crippen MR) is 74.3 cm³/mol. The van der Waals surface area contributed by atoms with E-state index in [2.05, 4.69) is 0 Å². The molecule has 0 spiro atoms. The van der Waals surface area contributed by atoms with E-state index >= 15 is 0 Å². The number of hydrogen-bond donors (Lipinski definition) is 2. The summed E-state index contributed by atoms with van der Waals surface area (Å²) in [4.78, 5) is 11.4. The van der Waals surface area contributed by atoms with Gasteiger partial charge in [0.2, 0.25) is 0 Å². The molecule has 2 N–H and O–H groups in total. The van der Waals surface area contributed by atoms with Gasteiger partial charge in [-0.25, -0.2) is 0 Å². The van der Waals surface area contributed by atoms with Crippen LogP contribution in [0.3, 0.4) is 0 Å². The molecule has 104 valence electrons. The minimum Gasteiger partial charge on any atom is -0.481 e. The number of hydrogen-bond acceptors (Lipinski definition) is 2. The fourth-order valence-corrected chi connectivity index (χ4v) is 3.08. The first kappa shape index (κ1) is 14.4. The Morgan fingerprint density at radius 2 is 1.95 bits per heavy atom. The Morgan fingerprint density at radius 1 is 1.32 bits per heavy atom. The van der Waals surface area contributed by atoms with E-state index in [1.165, 1.54) is 0 Å². The zero-order valence-corrected chi connectivity index (χ0v) is 11.6. The summed E-state index contributed by atoms with van der Waals surface area (Å²) in [7, 11) is 0. The van der Waals surface area contributed by atoms with Crippen LogP contribution >= 0.6 is 11.6 Å². The molecule has 1 unspecified atom stereocenters. The van der Waals surface area contributed by atoms with Crippen molar-refractivity contribution in [1.82, 2.24) is 0 Å². The molecular formula is C15H19ClO3. The van der Waals surface area contributed by atoms with Gasteiger partial charge >= 0.3 is 5.97 Å². The van der Waals surface area contributed by atoms with Crippen molar-refractivity contribution in [3.8, 4) is 0 Å². The molecular weight excluding hydrogens is 264 g/mol. The van der Waals surface area contributed by atoms with Crippen molar-refractivity contribution in [1.29, 1.82) is 0 Å². The Hall–Kier alpha value is -1.06. The minimum atomic E-state index is -0.861. The summed E-state index contributed by atoms with van der Waals surface area (Å²) in [6.45, 7) is 0. The van der Waals surface area contributed by atoms with E-state index in [0.29, 0.717) is 30.7 Å². The van der Waals surface area contributed by atoms with Crippen LogP contribution in [0.15, 0.2) is 24.3 Å². The van der Waals surface area contributed by atoms with Crippen molar-refractivity contribution in [2.45, 2.75) is 44.1 Å². The summed E-state index contributed by atoms with van der Waals surface area (Å²) in [6.07, 6.45) is 4.06. The van der Waals surface area contributed by atoms with Gasteiger partial charge in [0.1, 0.15) is 0 Å². The topological polar surface area (TPSA) is 57.5 Å². The molecule has 4 heteroatoms. The molecule has 0 bridgehead atoms. The first-order chi connectivity index (χ1) is 9.00. The molecule has 1 aliphatic carbocycles. The molecule has 3 nitrogen and oxygen atoms in total. The third-order valence-electron chi connectivity index (χ3n) is 3.93. The van der Waals surface area contributed by atoms with Gasteiger partial charge in [-0.2, -0.15) is 0 Å². The first-order valence-electron chi connectivity index (χ1n) is 6.69. The molecule has 1 aromatic carbocycles. The van der Waals surface area contributed by atoms with Crippen molar-refractivity contribution >= 4 is 17.6 Å². The quantitative estimate of drug-likeness (QED) is 0.871. The van der Waals surface area contributed by atoms with Gasteiger partial charge < -0.3 is 10.2 Å². The fourth-order valence-electron chi connectivity index (χ4n) is 2.87. The fraction of sp³-hybridized carbons (Fsp3) is 0.533. The lowest BCUT2D eigenvalue weighted by molar-refractivity contribution is -0.144. The number of rotatable bonds is 5. The lowest BCUT2D eigenvalue weighted by Gasteiger charge is -2.26. The van der Waals surface area contributed by atoms with Crippen LogP contribution in [0.5, 0.6) is 0 Å². The molecule has 1 atom stereocenters. The largest absolute Gasteiger partial charge is 0.481 e. The number of benzene rings is 1. The van der Waals surface area contributed by atoms with Crippen LogP contribution in [0.4, 0.5) is 0 Å². The summed E-state index contributed by atoms with van der Waals surface area (Å²) < 4.78 is 0. The van der Waals surface area contributed by atoms with Crippen LogP contribution in [-0.4, -0.2) is 21.8 Å². The van der Waals surface area contributed by atoms with E-state index in [4.69, 9.17) is 11.6 Å². The highest BCUT2D eigenvalue weighted by atomic mass is 35.5. The average Bonchev–Trinajstić information content (AvgIpc) is 2.78. The predicted octanol–water partition coefficient (Wildman–Crippen LogP) is 3.28. The Bertz CT molecular complexity index is 452. The summed E-state index contributed by atoms with van der Waals surface area (Å²) in [5.41, 5.74) is 0.0304. The van der Waals surface area contributed by atoms with Gasteiger partial charge in [0.05, 0.1) is 11.5 Å². The van der Waals surface area contributed by atoms with Gasteiger partial charge in [0.25, 0.3) is 0 Å². The van der Waals surface area contributed by atoms with Crippen LogP contribution in [0.25, 0.3) is 0 Å². The van der Waals surface area contributed by atoms with Crippen molar-refractivity contribution in [2.24, 2.45) is 5.92 Å². The van der Waals surface area contributed by atoms with E-state index < -0.39 is 17.5 Å². The molecule has 0 aromatic heterocycles. The van der Waals surface area contributed by atoms with E-state index in [0.717, 1.165) is 18.4 Å². The zero-order chi connectivity index (χ0) is 13.9. The lowest BCUT2D eigenvalue weighted by Crippen LogP contribution is -2.32. The molecule has 2 rings (SSSR count). The van der Waals surface area contributed by atoms with E-state index in [1.807, 2.05) is 18.2 Å². The van der Waals surface area contributed by atoms with Gasteiger partial charge in [-0.3, -0.25) is 4.79 Å². The molecule has 0 aliphatic heterocycles. The maximum absolute atomic E-state index is 11.4.